The van der Waals surface area contributed by atoms with Gasteiger partial charge < -0.3 is 0 Å². The second-order valence-electron chi connectivity index (χ2n) is 3.02. The summed E-state index contributed by atoms with van der Waals surface area (Å²) in [6, 6.07) is 0. The Labute approximate surface area is 68.1 Å². The maximum absolute atomic E-state index is 12.7. The van der Waals surface area contributed by atoms with Crippen LogP contribution in [0.3, 0.4) is 0 Å². The van der Waals surface area contributed by atoms with Crippen molar-refractivity contribution in [2.45, 2.75) is 5.92 Å². The molecule has 0 heterocycles. The smallest absolute Gasteiger partial charge is 0.207 e. The predicted octanol–water partition coefficient (Wildman–Crippen LogP) is 2.85. The quantitative estimate of drug-likeness (QED) is 0.527. The molecule has 0 saturated heterocycles. The molecule has 64 valence electrons. The third-order valence-electron chi connectivity index (χ3n) is 2.20. The summed E-state index contributed by atoms with van der Waals surface area (Å²) in [7, 11) is 0. The molecule has 2 rings (SSSR count). The summed E-state index contributed by atoms with van der Waals surface area (Å²) < 4.78 is 38.0. The Morgan fingerprint density at radius 2 is 1.83 bits per heavy atom. The van der Waals surface area contributed by atoms with Crippen LogP contribution in [0.1, 0.15) is 0 Å². The van der Waals surface area contributed by atoms with Crippen LogP contribution < -0.4 is 0 Å². The number of allylic oxidation sites excluding steroid dienone is 6. The molecule has 0 N–H and O–H groups in total. The van der Waals surface area contributed by atoms with E-state index in [4.69, 9.17) is 0 Å². The van der Waals surface area contributed by atoms with E-state index in [2.05, 4.69) is 0 Å². The van der Waals surface area contributed by atoms with Gasteiger partial charge in [0.1, 0.15) is 5.83 Å². The molecule has 0 bridgehead atoms. The largest absolute Gasteiger partial charge is 0.262 e. The molecule has 0 aromatic carbocycles. The monoisotopic (exact) mass is 172 g/mol. The number of hydrogen-bond donors (Lipinski definition) is 0. The van der Waals surface area contributed by atoms with Gasteiger partial charge in [-0.05, 0) is 12.2 Å². The van der Waals surface area contributed by atoms with Crippen molar-refractivity contribution >= 4 is 0 Å². The van der Waals surface area contributed by atoms with E-state index in [1.165, 1.54) is 24.3 Å². The van der Waals surface area contributed by atoms with Gasteiger partial charge in [-0.15, -0.1) is 0 Å². The molecule has 1 saturated carbocycles. The summed E-state index contributed by atoms with van der Waals surface area (Å²) in [6.07, 6.45) is 6.22. The van der Waals surface area contributed by atoms with Crippen LogP contribution in [0.25, 0.3) is 0 Å². The van der Waals surface area contributed by atoms with Crippen molar-refractivity contribution in [3.63, 3.8) is 0 Å². The normalized spacial score (nSPS) is 46.1. The fourth-order valence-electron chi connectivity index (χ4n) is 1.39. The van der Waals surface area contributed by atoms with Gasteiger partial charge in [0.15, 0.2) is 0 Å². The third-order valence-corrected chi connectivity index (χ3v) is 2.20. The molecule has 2 atom stereocenters. The Morgan fingerprint density at radius 1 is 1.17 bits per heavy atom. The van der Waals surface area contributed by atoms with Gasteiger partial charge in [-0.25, -0.2) is 13.2 Å². The lowest BCUT2D eigenvalue weighted by Crippen LogP contribution is -1.91. The summed E-state index contributed by atoms with van der Waals surface area (Å²) in [5, 5.41) is 0. The first-order valence-electron chi connectivity index (χ1n) is 3.72. The fraction of sp³-hybridized carbons (Fsp3) is 0.333. The topological polar surface area (TPSA) is 0 Å². The van der Waals surface area contributed by atoms with Gasteiger partial charge in [0, 0.05) is 0 Å². The Hall–Kier alpha value is -0.990. The minimum absolute atomic E-state index is 0.479. The number of hydrogen-bond acceptors (Lipinski definition) is 0. The molecule has 0 aromatic rings. The highest BCUT2D eigenvalue weighted by molar-refractivity contribution is 5.30. The number of fused-ring (bicyclic) bond motifs is 1. The zero-order valence-electron chi connectivity index (χ0n) is 6.18. The maximum atomic E-state index is 12.7. The first kappa shape index (κ1) is 7.65. The zero-order chi connectivity index (χ0) is 8.77. The molecule has 1 fully saturated rings. The van der Waals surface area contributed by atoms with Crippen molar-refractivity contribution in [1.29, 1.82) is 0 Å². The first-order chi connectivity index (χ1) is 5.62. The van der Waals surface area contributed by atoms with E-state index in [0.717, 1.165) is 6.08 Å². The standard InChI is InChI=1S/C9H7F3/c10-6-2-1-3-7-8(5-4-6)9(7,11)12/h1-5,7-8H/b3-1-,5-4-,6-2+. The summed E-state index contributed by atoms with van der Waals surface area (Å²) in [6.45, 7) is 0. The summed E-state index contributed by atoms with van der Waals surface area (Å²) >= 11 is 0. The van der Waals surface area contributed by atoms with Crippen LogP contribution in [0.5, 0.6) is 0 Å². The highest BCUT2D eigenvalue weighted by Gasteiger charge is 2.65. The van der Waals surface area contributed by atoms with Crippen LogP contribution in [0, 0.1) is 11.8 Å². The molecular weight excluding hydrogens is 165 g/mol. The van der Waals surface area contributed by atoms with Crippen molar-refractivity contribution in [3.05, 3.63) is 36.2 Å². The first-order valence-corrected chi connectivity index (χ1v) is 3.72. The van der Waals surface area contributed by atoms with E-state index in [-0.39, 0.29) is 0 Å². The minimum atomic E-state index is -2.66. The second-order valence-corrected chi connectivity index (χ2v) is 3.02. The van der Waals surface area contributed by atoms with Gasteiger partial charge in [-0.2, -0.15) is 0 Å². The van der Waals surface area contributed by atoms with Crippen molar-refractivity contribution in [2.24, 2.45) is 11.8 Å². The molecule has 0 nitrogen and oxygen atoms in total. The Morgan fingerprint density at radius 3 is 2.58 bits per heavy atom. The van der Waals surface area contributed by atoms with Crippen LogP contribution in [-0.4, -0.2) is 5.92 Å². The Balaban J connectivity index is 2.26. The van der Waals surface area contributed by atoms with Crippen molar-refractivity contribution in [3.8, 4) is 0 Å². The Kier molecular flexibility index (Phi) is 1.43. The minimum Gasteiger partial charge on any atom is -0.207 e. The molecule has 0 amide bonds. The van der Waals surface area contributed by atoms with E-state index in [1.807, 2.05) is 0 Å². The molecule has 0 aromatic heterocycles. The molecule has 2 unspecified atom stereocenters. The average Bonchev–Trinajstić information content (AvgIpc) is 2.44. The van der Waals surface area contributed by atoms with Crippen molar-refractivity contribution in [2.75, 3.05) is 0 Å². The highest BCUT2D eigenvalue weighted by atomic mass is 19.3. The van der Waals surface area contributed by atoms with Crippen LogP contribution in [-0.2, 0) is 0 Å². The highest BCUT2D eigenvalue weighted by Crippen LogP contribution is 2.57. The zero-order valence-corrected chi connectivity index (χ0v) is 6.18. The molecule has 0 spiro atoms. The number of rotatable bonds is 0. The summed E-state index contributed by atoms with van der Waals surface area (Å²) in [5.41, 5.74) is 0. The van der Waals surface area contributed by atoms with Gasteiger partial charge in [0.05, 0.1) is 11.8 Å². The number of halogens is 3. The van der Waals surface area contributed by atoms with E-state index in [0.29, 0.717) is 0 Å². The van der Waals surface area contributed by atoms with Gasteiger partial charge in [-0.3, -0.25) is 0 Å². The molecular formula is C9H7F3. The van der Waals surface area contributed by atoms with E-state index in [9.17, 15) is 13.2 Å². The predicted molar refractivity (Wildman–Crippen MR) is 39.4 cm³/mol. The molecule has 12 heavy (non-hydrogen) atoms. The lowest BCUT2D eigenvalue weighted by Gasteiger charge is -1.87. The van der Waals surface area contributed by atoms with Gasteiger partial charge >= 0.3 is 0 Å². The fourth-order valence-corrected chi connectivity index (χ4v) is 1.39. The van der Waals surface area contributed by atoms with E-state index >= 15 is 0 Å². The lowest BCUT2D eigenvalue weighted by atomic mass is 10.2. The molecule has 3 heteroatoms. The average molecular weight is 172 g/mol. The van der Waals surface area contributed by atoms with Gasteiger partial charge in [0.2, 0.25) is 0 Å². The van der Waals surface area contributed by atoms with Crippen molar-refractivity contribution < 1.29 is 13.2 Å². The molecule has 2 aliphatic carbocycles. The molecule has 0 radical (unpaired) electrons. The van der Waals surface area contributed by atoms with E-state index < -0.39 is 23.6 Å². The number of alkyl halides is 2. The van der Waals surface area contributed by atoms with Crippen LogP contribution in [0.15, 0.2) is 36.2 Å². The molecule has 2 aliphatic rings. The second kappa shape index (κ2) is 2.25. The summed E-state index contributed by atoms with van der Waals surface area (Å²) in [4.78, 5) is 0. The lowest BCUT2D eigenvalue weighted by molar-refractivity contribution is 0.0969. The third kappa shape index (κ3) is 1.00. The van der Waals surface area contributed by atoms with E-state index in [1.54, 1.807) is 0 Å². The van der Waals surface area contributed by atoms with Crippen LogP contribution in [0.4, 0.5) is 13.2 Å². The van der Waals surface area contributed by atoms with Gasteiger partial charge in [0.25, 0.3) is 5.92 Å². The molecule has 0 aliphatic heterocycles. The van der Waals surface area contributed by atoms with Crippen molar-refractivity contribution in [1.82, 2.24) is 0 Å². The Bertz CT molecular complexity index is 286. The maximum Gasteiger partial charge on any atom is 0.262 e. The summed E-state index contributed by atoms with van der Waals surface area (Å²) in [5.74, 6) is -4.66. The van der Waals surface area contributed by atoms with Gasteiger partial charge in [-0.1, -0.05) is 18.2 Å². The van der Waals surface area contributed by atoms with Crippen LogP contribution >= 0.6 is 0 Å². The SMILES string of the molecule is FC1=C/C=C\C2C(/C=C\1)C2(F)F. The van der Waals surface area contributed by atoms with Crippen LogP contribution in [0.2, 0.25) is 0 Å².